The zero-order chi connectivity index (χ0) is 11.0. The van der Waals surface area contributed by atoms with Crippen LogP contribution in [-0.2, 0) is 0 Å². The third-order valence-corrected chi connectivity index (χ3v) is 3.11. The van der Waals surface area contributed by atoms with Crippen LogP contribution in [0.4, 0.5) is 0 Å². The van der Waals surface area contributed by atoms with Crippen molar-refractivity contribution in [3.05, 3.63) is 27.7 Å². The van der Waals surface area contributed by atoms with E-state index in [1.54, 1.807) is 0 Å². The number of rotatable bonds is 3. The molecular weight excluding hydrogens is 254 g/mol. The largest absolute Gasteiger partial charge is 0.489 e. The number of benzene rings is 1. The Morgan fingerprint density at radius 2 is 2.13 bits per heavy atom. The summed E-state index contributed by atoms with van der Waals surface area (Å²) in [6.07, 6.45) is 2.73. The molecule has 1 aromatic rings. The first-order valence-corrected chi connectivity index (χ1v) is 6.09. The quantitative estimate of drug-likeness (QED) is 0.914. The summed E-state index contributed by atoms with van der Waals surface area (Å²) in [6, 6.07) is 4.19. The van der Waals surface area contributed by atoms with Gasteiger partial charge in [-0.2, -0.15) is 0 Å². The highest BCUT2D eigenvalue weighted by molar-refractivity contribution is 9.10. The van der Waals surface area contributed by atoms with Crippen molar-refractivity contribution < 1.29 is 4.74 Å². The van der Waals surface area contributed by atoms with E-state index >= 15 is 0 Å². The van der Waals surface area contributed by atoms with Crippen molar-refractivity contribution in [2.24, 2.45) is 5.73 Å². The van der Waals surface area contributed by atoms with Gasteiger partial charge in [-0.3, -0.25) is 0 Å². The van der Waals surface area contributed by atoms with Gasteiger partial charge >= 0.3 is 0 Å². The highest BCUT2D eigenvalue weighted by atomic mass is 79.9. The SMILES string of the molecule is Cc1cc(Br)c(OC2CC2)c(C(C)N)c1. The second kappa shape index (κ2) is 4.14. The summed E-state index contributed by atoms with van der Waals surface area (Å²) in [5, 5.41) is 0. The third-order valence-electron chi connectivity index (χ3n) is 2.52. The van der Waals surface area contributed by atoms with Crippen LogP contribution in [0.5, 0.6) is 5.75 Å². The molecule has 0 spiro atoms. The molecule has 1 aliphatic rings. The van der Waals surface area contributed by atoms with Crippen LogP contribution in [-0.4, -0.2) is 6.10 Å². The van der Waals surface area contributed by atoms with Crippen LogP contribution in [0.2, 0.25) is 0 Å². The molecule has 0 bridgehead atoms. The van der Waals surface area contributed by atoms with Crippen LogP contribution >= 0.6 is 15.9 Å². The number of ether oxygens (including phenoxy) is 1. The van der Waals surface area contributed by atoms with E-state index in [2.05, 4.69) is 35.0 Å². The normalized spacial score (nSPS) is 17.6. The van der Waals surface area contributed by atoms with Crippen molar-refractivity contribution in [2.45, 2.75) is 38.8 Å². The van der Waals surface area contributed by atoms with Crippen molar-refractivity contribution in [3.63, 3.8) is 0 Å². The first-order chi connectivity index (χ1) is 7.08. The molecular formula is C12H16BrNO. The van der Waals surface area contributed by atoms with Gasteiger partial charge in [0, 0.05) is 11.6 Å². The van der Waals surface area contributed by atoms with Gasteiger partial charge in [-0.15, -0.1) is 0 Å². The molecule has 0 amide bonds. The molecule has 1 saturated carbocycles. The Balaban J connectivity index is 2.38. The van der Waals surface area contributed by atoms with Crippen LogP contribution < -0.4 is 10.5 Å². The highest BCUT2D eigenvalue weighted by Gasteiger charge is 2.26. The van der Waals surface area contributed by atoms with Crippen LogP contribution in [0.25, 0.3) is 0 Å². The van der Waals surface area contributed by atoms with Crippen molar-refractivity contribution >= 4 is 15.9 Å². The van der Waals surface area contributed by atoms with Gasteiger partial charge in [0.15, 0.2) is 0 Å². The van der Waals surface area contributed by atoms with E-state index < -0.39 is 0 Å². The average molecular weight is 270 g/mol. The summed E-state index contributed by atoms with van der Waals surface area (Å²) in [5.74, 6) is 0.929. The maximum absolute atomic E-state index is 5.95. The highest BCUT2D eigenvalue weighted by Crippen LogP contribution is 2.37. The summed E-state index contributed by atoms with van der Waals surface area (Å²) in [6.45, 7) is 4.05. The fourth-order valence-electron chi connectivity index (χ4n) is 1.57. The number of nitrogens with two attached hydrogens (primary N) is 1. The molecule has 0 heterocycles. The topological polar surface area (TPSA) is 35.2 Å². The number of hydrogen-bond acceptors (Lipinski definition) is 2. The Labute approximate surface area is 98.9 Å². The first kappa shape index (κ1) is 11.0. The van der Waals surface area contributed by atoms with Gasteiger partial charge in [0.25, 0.3) is 0 Å². The van der Waals surface area contributed by atoms with Gasteiger partial charge < -0.3 is 10.5 Å². The molecule has 2 nitrogen and oxygen atoms in total. The Morgan fingerprint density at radius 1 is 1.47 bits per heavy atom. The summed E-state index contributed by atoms with van der Waals surface area (Å²) >= 11 is 3.54. The Hall–Kier alpha value is -0.540. The predicted octanol–water partition coefficient (Wildman–Crippen LogP) is 3.32. The lowest BCUT2D eigenvalue weighted by Crippen LogP contribution is -2.09. The molecule has 82 valence electrons. The minimum Gasteiger partial charge on any atom is -0.489 e. The van der Waals surface area contributed by atoms with Gasteiger partial charge in [-0.05, 0) is 54.2 Å². The van der Waals surface area contributed by atoms with Gasteiger partial charge in [-0.1, -0.05) is 6.07 Å². The van der Waals surface area contributed by atoms with Crippen LogP contribution in [0.15, 0.2) is 16.6 Å². The molecule has 2 rings (SSSR count). The fraction of sp³-hybridized carbons (Fsp3) is 0.500. The Kier molecular flexibility index (Phi) is 3.03. The molecule has 0 aliphatic heterocycles. The Bertz CT molecular complexity index is 372. The average Bonchev–Trinajstić information content (AvgIpc) is 2.92. The summed E-state index contributed by atoms with van der Waals surface area (Å²) < 4.78 is 6.89. The van der Waals surface area contributed by atoms with Gasteiger partial charge in [0.05, 0.1) is 10.6 Å². The molecule has 1 aromatic carbocycles. The number of hydrogen-bond donors (Lipinski definition) is 1. The standard InChI is InChI=1S/C12H16BrNO/c1-7-5-10(8(2)14)12(11(13)6-7)15-9-3-4-9/h5-6,8-9H,3-4,14H2,1-2H3. The molecule has 0 aromatic heterocycles. The third kappa shape index (κ3) is 2.52. The molecule has 3 heteroatoms. The number of aryl methyl sites for hydroxylation is 1. The summed E-state index contributed by atoms with van der Waals surface area (Å²) in [7, 11) is 0. The lowest BCUT2D eigenvalue weighted by Gasteiger charge is -2.16. The molecule has 2 N–H and O–H groups in total. The molecule has 1 fully saturated rings. The van der Waals surface area contributed by atoms with Crippen molar-refractivity contribution in [1.29, 1.82) is 0 Å². The molecule has 1 atom stereocenters. The zero-order valence-corrected chi connectivity index (χ0v) is 10.7. The van der Waals surface area contributed by atoms with E-state index in [-0.39, 0.29) is 6.04 Å². The minimum atomic E-state index is 0.00921. The van der Waals surface area contributed by atoms with Crippen molar-refractivity contribution in [1.82, 2.24) is 0 Å². The van der Waals surface area contributed by atoms with E-state index in [0.717, 1.165) is 15.8 Å². The van der Waals surface area contributed by atoms with E-state index in [0.29, 0.717) is 6.10 Å². The van der Waals surface area contributed by atoms with Gasteiger partial charge in [0.1, 0.15) is 5.75 Å². The van der Waals surface area contributed by atoms with E-state index in [4.69, 9.17) is 10.5 Å². The van der Waals surface area contributed by atoms with Gasteiger partial charge in [-0.25, -0.2) is 0 Å². The van der Waals surface area contributed by atoms with E-state index in [1.807, 2.05) is 6.92 Å². The fourth-order valence-corrected chi connectivity index (χ4v) is 2.25. The molecule has 0 radical (unpaired) electrons. The maximum atomic E-state index is 5.95. The van der Waals surface area contributed by atoms with Gasteiger partial charge in [0.2, 0.25) is 0 Å². The van der Waals surface area contributed by atoms with Crippen LogP contribution in [0.1, 0.15) is 36.9 Å². The smallest absolute Gasteiger partial charge is 0.138 e. The van der Waals surface area contributed by atoms with E-state index in [1.165, 1.54) is 18.4 Å². The lowest BCUT2D eigenvalue weighted by atomic mass is 10.1. The van der Waals surface area contributed by atoms with E-state index in [9.17, 15) is 0 Å². The minimum absolute atomic E-state index is 0.00921. The molecule has 0 saturated heterocycles. The first-order valence-electron chi connectivity index (χ1n) is 5.30. The second-order valence-corrected chi connectivity index (χ2v) is 5.13. The molecule has 15 heavy (non-hydrogen) atoms. The molecule has 1 aliphatic carbocycles. The summed E-state index contributed by atoms with van der Waals surface area (Å²) in [4.78, 5) is 0. The molecule has 1 unspecified atom stereocenters. The van der Waals surface area contributed by atoms with Crippen LogP contribution in [0, 0.1) is 6.92 Å². The zero-order valence-electron chi connectivity index (χ0n) is 9.09. The summed E-state index contributed by atoms with van der Waals surface area (Å²) in [5.41, 5.74) is 8.24. The maximum Gasteiger partial charge on any atom is 0.138 e. The predicted molar refractivity (Wildman–Crippen MR) is 65.1 cm³/mol. The number of halogens is 1. The lowest BCUT2D eigenvalue weighted by molar-refractivity contribution is 0.296. The monoisotopic (exact) mass is 269 g/mol. The van der Waals surface area contributed by atoms with Crippen molar-refractivity contribution in [2.75, 3.05) is 0 Å². The Morgan fingerprint density at radius 3 is 2.67 bits per heavy atom. The second-order valence-electron chi connectivity index (χ2n) is 4.27. The van der Waals surface area contributed by atoms with Crippen molar-refractivity contribution in [3.8, 4) is 5.75 Å². The van der Waals surface area contributed by atoms with Crippen LogP contribution in [0.3, 0.4) is 0 Å².